The molecule has 1 aliphatic heterocycles. The van der Waals surface area contributed by atoms with Gasteiger partial charge in [-0.05, 0) is 48.9 Å². The van der Waals surface area contributed by atoms with Crippen LogP contribution in [0.2, 0.25) is 5.02 Å². The van der Waals surface area contributed by atoms with Crippen molar-refractivity contribution in [2.45, 2.75) is 45.1 Å². The quantitative estimate of drug-likeness (QED) is 0.481. The number of anilines is 1. The van der Waals surface area contributed by atoms with Gasteiger partial charge in [-0.25, -0.2) is 9.97 Å². The number of carbonyl (C=O) groups is 2. The molecule has 1 fully saturated rings. The molecule has 0 unspecified atom stereocenters. The van der Waals surface area contributed by atoms with E-state index in [1.807, 2.05) is 60.4 Å². The van der Waals surface area contributed by atoms with Crippen molar-refractivity contribution in [2.24, 2.45) is 5.73 Å². The normalized spacial score (nSPS) is 14.4. The van der Waals surface area contributed by atoms with E-state index in [1.165, 1.54) is 12.6 Å². The van der Waals surface area contributed by atoms with Crippen molar-refractivity contribution in [3.8, 4) is 0 Å². The first-order valence-electron chi connectivity index (χ1n) is 11.9. The maximum absolute atomic E-state index is 12.7. The molecule has 182 valence electrons. The fourth-order valence-electron chi connectivity index (χ4n) is 4.30. The first-order valence-corrected chi connectivity index (χ1v) is 12.3. The molecule has 35 heavy (non-hydrogen) atoms. The number of benzene rings is 2. The fourth-order valence-corrected chi connectivity index (χ4v) is 4.48. The van der Waals surface area contributed by atoms with Gasteiger partial charge in [0.05, 0.1) is 12.0 Å². The summed E-state index contributed by atoms with van der Waals surface area (Å²) in [5.74, 6) is 0.443. The van der Waals surface area contributed by atoms with Gasteiger partial charge in [0.1, 0.15) is 11.6 Å². The van der Waals surface area contributed by atoms with Crippen LogP contribution < -0.4 is 11.1 Å². The summed E-state index contributed by atoms with van der Waals surface area (Å²) >= 11 is 6.42. The van der Waals surface area contributed by atoms with Crippen LogP contribution in [0.5, 0.6) is 0 Å². The van der Waals surface area contributed by atoms with Crippen molar-refractivity contribution in [3.63, 3.8) is 0 Å². The van der Waals surface area contributed by atoms with E-state index in [4.69, 9.17) is 17.3 Å². The SMILES string of the molecule is C[C@@H](Nc1nc(Cc2ccc(Cl)c(CC(=O)N3CCCCC3)c2)ncc1C(N)=O)c1ccccc1. The average molecular weight is 492 g/mol. The van der Waals surface area contributed by atoms with Gasteiger partial charge in [0.2, 0.25) is 5.91 Å². The molecule has 8 heteroatoms. The van der Waals surface area contributed by atoms with Crippen molar-refractivity contribution in [1.82, 2.24) is 14.9 Å². The molecule has 0 saturated carbocycles. The highest BCUT2D eigenvalue weighted by atomic mass is 35.5. The fraction of sp³-hybridized carbons (Fsp3) is 0.333. The number of piperidine rings is 1. The van der Waals surface area contributed by atoms with Gasteiger partial charge < -0.3 is 16.0 Å². The molecule has 2 heterocycles. The number of amides is 2. The van der Waals surface area contributed by atoms with Crippen LogP contribution in [0.25, 0.3) is 0 Å². The molecule has 7 nitrogen and oxygen atoms in total. The Labute approximate surface area is 210 Å². The lowest BCUT2D eigenvalue weighted by atomic mass is 10.0. The molecule has 1 saturated heterocycles. The van der Waals surface area contributed by atoms with Gasteiger partial charge in [-0.2, -0.15) is 0 Å². The maximum atomic E-state index is 12.7. The molecule has 1 atom stereocenters. The highest BCUT2D eigenvalue weighted by Gasteiger charge is 2.19. The Morgan fingerprint density at radius 1 is 1.11 bits per heavy atom. The molecule has 1 aromatic heterocycles. The molecule has 3 aromatic rings. The second kappa shape index (κ2) is 11.3. The minimum Gasteiger partial charge on any atom is -0.365 e. The molecule has 0 radical (unpaired) electrons. The summed E-state index contributed by atoms with van der Waals surface area (Å²) in [6.45, 7) is 3.62. The first kappa shape index (κ1) is 24.7. The largest absolute Gasteiger partial charge is 0.365 e. The van der Waals surface area contributed by atoms with E-state index in [9.17, 15) is 9.59 Å². The lowest BCUT2D eigenvalue weighted by Gasteiger charge is -2.27. The number of nitrogens with two attached hydrogens (primary N) is 1. The zero-order valence-electron chi connectivity index (χ0n) is 19.8. The molecular weight excluding hydrogens is 462 g/mol. The Balaban J connectivity index is 1.52. The Kier molecular flexibility index (Phi) is 7.98. The van der Waals surface area contributed by atoms with Crippen molar-refractivity contribution in [2.75, 3.05) is 18.4 Å². The number of halogens is 1. The average Bonchev–Trinajstić information content (AvgIpc) is 2.87. The summed E-state index contributed by atoms with van der Waals surface area (Å²) in [4.78, 5) is 35.6. The van der Waals surface area contributed by atoms with Gasteiger partial charge in [0.15, 0.2) is 0 Å². The molecular formula is C27H30ClN5O2. The van der Waals surface area contributed by atoms with Crippen LogP contribution in [0, 0.1) is 0 Å². The Morgan fingerprint density at radius 3 is 2.57 bits per heavy atom. The van der Waals surface area contributed by atoms with E-state index in [-0.39, 0.29) is 23.9 Å². The van der Waals surface area contributed by atoms with Crippen LogP contribution in [0.3, 0.4) is 0 Å². The lowest BCUT2D eigenvalue weighted by Crippen LogP contribution is -2.36. The van der Waals surface area contributed by atoms with Crippen molar-refractivity contribution in [1.29, 1.82) is 0 Å². The number of nitrogens with zero attached hydrogens (tertiary/aromatic N) is 3. The molecule has 2 amide bonds. The van der Waals surface area contributed by atoms with Crippen LogP contribution in [-0.4, -0.2) is 39.8 Å². The van der Waals surface area contributed by atoms with Crippen molar-refractivity contribution in [3.05, 3.63) is 87.8 Å². The second-order valence-electron chi connectivity index (χ2n) is 8.91. The zero-order chi connectivity index (χ0) is 24.8. The summed E-state index contributed by atoms with van der Waals surface area (Å²) in [7, 11) is 0. The summed E-state index contributed by atoms with van der Waals surface area (Å²) < 4.78 is 0. The maximum Gasteiger partial charge on any atom is 0.254 e. The van der Waals surface area contributed by atoms with E-state index in [0.717, 1.165) is 42.6 Å². The van der Waals surface area contributed by atoms with E-state index in [0.29, 0.717) is 23.1 Å². The number of primary amides is 1. The third-order valence-corrected chi connectivity index (χ3v) is 6.65. The van der Waals surface area contributed by atoms with E-state index in [2.05, 4.69) is 15.3 Å². The first-order chi connectivity index (χ1) is 16.9. The van der Waals surface area contributed by atoms with Gasteiger partial charge in [-0.1, -0.05) is 54.1 Å². The number of carbonyl (C=O) groups excluding carboxylic acids is 2. The molecule has 4 rings (SSSR count). The Hall–Kier alpha value is -3.45. The summed E-state index contributed by atoms with van der Waals surface area (Å²) in [5, 5.41) is 3.87. The molecule has 1 aliphatic rings. The Bertz CT molecular complexity index is 1200. The molecule has 2 aromatic carbocycles. The summed E-state index contributed by atoms with van der Waals surface area (Å²) in [6, 6.07) is 15.5. The highest BCUT2D eigenvalue weighted by Crippen LogP contribution is 2.23. The highest BCUT2D eigenvalue weighted by molar-refractivity contribution is 6.31. The zero-order valence-corrected chi connectivity index (χ0v) is 20.6. The third-order valence-electron chi connectivity index (χ3n) is 6.28. The van der Waals surface area contributed by atoms with Gasteiger partial charge >= 0.3 is 0 Å². The van der Waals surface area contributed by atoms with E-state index in [1.54, 1.807) is 0 Å². The number of likely N-dealkylation sites (tertiary alicyclic amines) is 1. The minimum absolute atomic E-state index is 0.0833. The van der Waals surface area contributed by atoms with Gasteiger partial charge in [0.25, 0.3) is 5.91 Å². The molecule has 0 aliphatic carbocycles. The Morgan fingerprint density at radius 2 is 1.86 bits per heavy atom. The topological polar surface area (TPSA) is 101 Å². The number of aromatic nitrogens is 2. The molecule has 0 bridgehead atoms. The standard InChI is InChI=1S/C27H30ClN5O2/c1-18(20-8-4-2-5-9-20)31-27-22(26(29)35)17-30-24(32-27)15-19-10-11-23(28)21(14-19)16-25(34)33-12-6-3-7-13-33/h2,4-5,8-11,14,17-18H,3,6-7,12-13,15-16H2,1H3,(H2,29,35)(H,30,31,32)/t18-/m1/s1. The minimum atomic E-state index is -0.593. The van der Waals surface area contributed by atoms with Crippen LogP contribution in [-0.2, 0) is 17.6 Å². The summed E-state index contributed by atoms with van der Waals surface area (Å²) in [5.41, 5.74) is 8.59. The van der Waals surface area contributed by atoms with Crippen LogP contribution in [0.4, 0.5) is 5.82 Å². The van der Waals surface area contributed by atoms with Crippen molar-refractivity contribution >= 4 is 29.2 Å². The summed E-state index contributed by atoms with van der Waals surface area (Å²) in [6.07, 6.45) is 5.44. The van der Waals surface area contributed by atoms with Gasteiger partial charge in [-0.3, -0.25) is 9.59 Å². The van der Waals surface area contributed by atoms with Gasteiger partial charge in [0, 0.05) is 36.8 Å². The molecule has 0 spiro atoms. The van der Waals surface area contributed by atoms with Crippen LogP contribution in [0.1, 0.15) is 65.1 Å². The lowest BCUT2D eigenvalue weighted by molar-refractivity contribution is -0.131. The predicted molar refractivity (Wildman–Crippen MR) is 137 cm³/mol. The smallest absolute Gasteiger partial charge is 0.254 e. The van der Waals surface area contributed by atoms with Gasteiger partial charge in [-0.15, -0.1) is 0 Å². The number of rotatable bonds is 8. The molecule has 3 N–H and O–H groups in total. The van der Waals surface area contributed by atoms with Crippen molar-refractivity contribution < 1.29 is 9.59 Å². The number of hydrogen-bond acceptors (Lipinski definition) is 5. The van der Waals surface area contributed by atoms with Crippen LogP contribution in [0.15, 0.2) is 54.7 Å². The van der Waals surface area contributed by atoms with E-state index >= 15 is 0 Å². The number of nitrogens with one attached hydrogen (secondary N) is 1. The second-order valence-corrected chi connectivity index (χ2v) is 9.32. The predicted octanol–water partition coefficient (Wildman–Crippen LogP) is 4.55. The number of hydrogen-bond donors (Lipinski definition) is 2. The third kappa shape index (κ3) is 6.36. The van der Waals surface area contributed by atoms with E-state index < -0.39 is 5.91 Å². The van der Waals surface area contributed by atoms with Crippen LogP contribution >= 0.6 is 11.6 Å². The monoisotopic (exact) mass is 491 g/mol.